The summed E-state index contributed by atoms with van der Waals surface area (Å²) in [4.78, 5) is 36.5. The van der Waals surface area contributed by atoms with Gasteiger partial charge in [0.15, 0.2) is 23.2 Å². The highest BCUT2D eigenvalue weighted by atomic mass is 19.2. The van der Waals surface area contributed by atoms with Crippen molar-refractivity contribution in [2.45, 2.75) is 12.8 Å². The summed E-state index contributed by atoms with van der Waals surface area (Å²) in [6.45, 7) is 1.69. The lowest BCUT2D eigenvalue weighted by Gasteiger charge is -2.16. The van der Waals surface area contributed by atoms with Gasteiger partial charge in [-0.3, -0.25) is 14.6 Å². The maximum Gasteiger partial charge on any atom is 0.255 e. The van der Waals surface area contributed by atoms with Crippen molar-refractivity contribution < 1.29 is 27.2 Å². The molecule has 0 unspecified atom stereocenters. The molecule has 1 aliphatic heterocycles. The lowest BCUT2D eigenvalue weighted by molar-refractivity contribution is 0.101. The number of halogens is 4. The van der Waals surface area contributed by atoms with Crippen LogP contribution in [0.1, 0.15) is 39.1 Å². The minimum atomic E-state index is -1.30. The van der Waals surface area contributed by atoms with E-state index in [0.717, 1.165) is 50.2 Å². The minimum absolute atomic E-state index is 0.0164. The van der Waals surface area contributed by atoms with E-state index in [9.17, 15) is 22.8 Å². The molecular weight excluding hydrogens is 476 g/mol. The molecule has 5 rings (SSSR count). The predicted octanol–water partition coefficient (Wildman–Crippen LogP) is 5.27. The van der Waals surface area contributed by atoms with Gasteiger partial charge in [-0.25, -0.2) is 22.5 Å². The van der Waals surface area contributed by atoms with Crippen LogP contribution in [0.3, 0.4) is 0 Å². The molecule has 0 saturated carbocycles. The second-order valence-corrected chi connectivity index (χ2v) is 8.32. The van der Waals surface area contributed by atoms with Gasteiger partial charge in [0, 0.05) is 24.2 Å². The maximum absolute atomic E-state index is 15.2. The molecule has 1 saturated heterocycles. The number of hydrogen-bond acceptors (Lipinski definition) is 5. The summed E-state index contributed by atoms with van der Waals surface area (Å²) in [5, 5.41) is 2.17. The van der Waals surface area contributed by atoms with Crippen molar-refractivity contribution in [2.75, 3.05) is 23.3 Å². The van der Waals surface area contributed by atoms with Gasteiger partial charge in [0.2, 0.25) is 0 Å². The van der Waals surface area contributed by atoms with Crippen LogP contribution in [0.2, 0.25) is 0 Å². The first-order valence-corrected chi connectivity index (χ1v) is 11.1. The molecule has 4 aromatic rings. The SMILES string of the molecule is O=C(Nc1ccc(F)c(C(=O)c2ccc3ncc(N4CCCC4)nc3c2)c1F)c1ccc(F)c(F)c1. The molecule has 1 fully saturated rings. The Morgan fingerprint density at radius 2 is 1.53 bits per heavy atom. The number of aromatic nitrogens is 2. The average Bonchev–Trinajstić information content (AvgIpc) is 3.42. The van der Waals surface area contributed by atoms with Gasteiger partial charge in [-0.05, 0) is 61.4 Å². The number of carbonyl (C=O) groups is 2. The van der Waals surface area contributed by atoms with Gasteiger partial charge in [-0.2, -0.15) is 0 Å². The lowest BCUT2D eigenvalue weighted by Crippen LogP contribution is -2.19. The zero-order chi connectivity index (χ0) is 25.4. The third-order valence-electron chi connectivity index (χ3n) is 5.97. The van der Waals surface area contributed by atoms with E-state index < -0.39 is 46.2 Å². The molecule has 1 N–H and O–H groups in total. The summed E-state index contributed by atoms with van der Waals surface area (Å²) in [5.41, 5.74) is -0.756. The van der Waals surface area contributed by atoms with Crippen molar-refractivity contribution in [3.05, 3.63) is 94.7 Å². The Morgan fingerprint density at radius 1 is 0.806 bits per heavy atom. The van der Waals surface area contributed by atoms with Gasteiger partial charge in [-0.1, -0.05) is 0 Å². The van der Waals surface area contributed by atoms with E-state index in [1.54, 1.807) is 6.20 Å². The first kappa shape index (κ1) is 23.4. The van der Waals surface area contributed by atoms with Crippen molar-refractivity contribution in [1.82, 2.24) is 9.97 Å². The Morgan fingerprint density at radius 3 is 2.28 bits per heavy atom. The number of nitrogens with one attached hydrogen (secondary N) is 1. The fourth-order valence-corrected chi connectivity index (χ4v) is 4.07. The highest BCUT2D eigenvalue weighted by Gasteiger charge is 2.24. The summed E-state index contributed by atoms with van der Waals surface area (Å²) in [6.07, 6.45) is 3.73. The molecule has 0 aliphatic carbocycles. The molecule has 0 radical (unpaired) electrons. The fraction of sp³-hybridized carbons (Fsp3) is 0.154. The number of fused-ring (bicyclic) bond motifs is 1. The molecule has 182 valence electrons. The monoisotopic (exact) mass is 494 g/mol. The third-order valence-corrected chi connectivity index (χ3v) is 5.97. The molecule has 3 aromatic carbocycles. The van der Waals surface area contributed by atoms with Gasteiger partial charge >= 0.3 is 0 Å². The van der Waals surface area contributed by atoms with Crippen LogP contribution in [0.5, 0.6) is 0 Å². The first-order chi connectivity index (χ1) is 17.3. The second kappa shape index (κ2) is 9.37. The lowest BCUT2D eigenvalue weighted by atomic mass is 10.0. The zero-order valence-electron chi connectivity index (χ0n) is 18.7. The Labute approximate surface area is 202 Å². The fourth-order valence-electron chi connectivity index (χ4n) is 4.07. The number of anilines is 2. The Hall–Kier alpha value is -4.34. The van der Waals surface area contributed by atoms with Crippen LogP contribution in [0.25, 0.3) is 11.0 Å². The number of amides is 1. The molecule has 6 nitrogen and oxygen atoms in total. The van der Waals surface area contributed by atoms with Crippen molar-refractivity contribution in [3.63, 3.8) is 0 Å². The van der Waals surface area contributed by atoms with Gasteiger partial charge < -0.3 is 10.2 Å². The largest absolute Gasteiger partial charge is 0.355 e. The number of rotatable bonds is 5. The number of ketones is 1. The summed E-state index contributed by atoms with van der Waals surface area (Å²) >= 11 is 0. The zero-order valence-corrected chi connectivity index (χ0v) is 18.7. The highest BCUT2D eigenvalue weighted by molar-refractivity contribution is 6.12. The van der Waals surface area contributed by atoms with E-state index in [-0.39, 0.29) is 11.1 Å². The van der Waals surface area contributed by atoms with Crippen LogP contribution in [-0.4, -0.2) is 34.7 Å². The molecule has 1 aromatic heterocycles. The maximum atomic E-state index is 15.2. The predicted molar refractivity (Wildman–Crippen MR) is 125 cm³/mol. The normalized spacial score (nSPS) is 13.3. The molecule has 0 bridgehead atoms. The number of benzene rings is 3. The molecule has 1 amide bonds. The molecule has 1 aliphatic rings. The van der Waals surface area contributed by atoms with Gasteiger partial charge in [0.05, 0.1) is 28.5 Å². The van der Waals surface area contributed by atoms with Crippen LogP contribution >= 0.6 is 0 Å². The molecule has 0 atom stereocenters. The standard InChI is InChI=1S/C26H18F4N4O2/c27-16-5-3-15(11-18(16)29)26(36)33-20-8-6-17(28)23(24(20)30)25(35)14-4-7-19-21(12-14)32-22(13-31-19)34-9-1-2-10-34/h3-8,11-13H,1-2,9-10H2,(H,33,36). The van der Waals surface area contributed by atoms with Crippen molar-refractivity contribution in [1.29, 1.82) is 0 Å². The number of nitrogens with zero attached hydrogens (tertiary/aromatic N) is 3. The summed E-state index contributed by atoms with van der Waals surface area (Å²) in [5.74, 6) is -6.10. The molecular formula is C26H18F4N4O2. The van der Waals surface area contributed by atoms with Crippen LogP contribution in [0.4, 0.5) is 29.1 Å². The molecule has 10 heteroatoms. The van der Waals surface area contributed by atoms with E-state index in [4.69, 9.17) is 0 Å². The van der Waals surface area contributed by atoms with Crippen molar-refractivity contribution in [3.8, 4) is 0 Å². The van der Waals surface area contributed by atoms with Crippen molar-refractivity contribution in [2.24, 2.45) is 0 Å². The number of hydrogen-bond donors (Lipinski definition) is 1. The molecule has 2 heterocycles. The van der Waals surface area contributed by atoms with E-state index in [1.165, 1.54) is 18.2 Å². The van der Waals surface area contributed by atoms with E-state index >= 15 is 4.39 Å². The van der Waals surface area contributed by atoms with E-state index in [0.29, 0.717) is 22.9 Å². The van der Waals surface area contributed by atoms with Crippen LogP contribution in [0, 0.1) is 23.3 Å². The van der Waals surface area contributed by atoms with Crippen LogP contribution in [-0.2, 0) is 0 Å². The molecule has 36 heavy (non-hydrogen) atoms. The summed E-state index contributed by atoms with van der Waals surface area (Å²) in [7, 11) is 0. The van der Waals surface area contributed by atoms with Crippen LogP contribution in [0.15, 0.2) is 54.7 Å². The van der Waals surface area contributed by atoms with Crippen molar-refractivity contribution >= 4 is 34.2 Å². The Bertz CT molecular complexity index is 1520. The highest BCUT2D eigenvalue weighted by Crippen LogP contribution is 2.26. The van der Waals surface area contributed by atoms with E-state index in [1.807, 2.05) is 0 Å². The summed E-state index contributed by atoms with van der Waals surface area (Å²) in [6, 6.07) is 8.51. The number of carbonyl (C=O) groups excluding carboxylic acids is 2. The van der Waals surface area contributed by atoms with Gasteiger partial charge in [0.1, 0.15) is 11.6 Å². The summed E-state index contributed by atoms with van der Waals surface area (Å²) < 4.78 is 56.4. The molecule has 0 spiro atoms. The quantitative estimate of drug-likeness (QED) is 0.302. The third kappa shape index (κ3) is 4.37. The Balaban J connectivity index is 1.46. The van der Waals surface area contributed by atoms with Gasteiger partial charge in [-0.15, -0.1) is 0 Å². The minimum Gasteiger partial charge on any atom is -0.355 e. The van der Waals surface area contributed by atoms with Gasteiger partial charge in [0.25, 0.3) is 5.91 Å². The first-order valence-electron chi connectivity index (χ1n) is 11.1. The smallest absolute Gasteiger partial charge is 0.255 e. The second-order valence-electron chi connectivity index (χ2n) is 8.32. The van der Waals surface area contributed by atoms with Crippen LogP contribution < -0.4 is 10.2 Å². The van der Waals surface area contributed by atoms with E-state index in [2.05, 4.69) is 20.2 Å². The Kier molecular flexibility index (Phi) is 6.09. The average molecular weight is 494 g/mol. The topological polar surface area (TPSA) is 75.2 Å².